The van der Waals surface area contributed by atoms with E-state index in [1.165, 1.54) is 0 Å². The molecule has 0 bridgehead atoms. The van der Waals surface area contributed by atoms with Gasteiger partial charge in [0.05, 0.1) is 29.1 Å². The van der Waals surface area contributed by atoms with Gasteiger partial charge in [-0.25, -0.2) is 0 Å². The molecule has 5 nitrogen and oxygen atoms in total. The highest BCUT2D eigenvalue weighted by Gasteiger charge is 2.18. The minimum Gasteiger partial charge on any atom is -0.496 e. The molecule has 0 spiro atoms. The Kier molecular flexibility index (Phi) is 4.68. The maximum Gasteiger partial charge on any atom is 0.261 e. The third-order valence-electron chi connectivity index (χ3n) is 2.65. The molecule has 2 aromatic rings. The van der Waals surface area contributed by atoms with Gasteiger partial charge in [-0.3, -0.25) is 0 Å². The van der Waals surface area contributed by atoms with E-state index >= 15 is 0 Å². The van der Waals surface area contributed by atoms with Crippen molar-refractivity contribution >= 4 is 29.1 Å². The second-order valence-electron chi connectivity index (χ2n) is 5.49. The molecule has 2 rings (SSSR count). The van der Waals surface area contributed by atoms with E-state index in [9.17, 15) is 0 Å². The largest absolute Gasteiger partial charge is 0.496 e. The number of nitrogens with two attached hydrogens (primary N) is 1. The molecular weight excluding hydrogens is 310 g/mol. The SMILES string of the molecule is COc1cc(N)c(Cl)cc1-c1nc(CSC(C)(C)C)no1. The number of hydrogen-bond acceptors (Lipinski definition) is 6. The number of benzene rings is 1. The molecule has 1 aromatic carbocycles. The molecule has 0 aliphatic heterocycles. The molecule has 7 heteroatoms. The Morgan fingerprint density at radius 2 is 2.10 bits per heavy atom. The van der Waals surface area contributed by atoms with Crippen LogP contribution in [0.5, 0.6) is 5.75 Å². The summed E-state index contributed by atoms with van der Waals surface area (Å²) >= 11 is 7.79. The zero-order valence-corrected chi connectivity index (χ0v) is 14.0. The number of rotatable bonds is 4. The zero-order valence-electron chi connectivity index (χ0n) is 12.4. The van der Waals surface area contributed by atoms with E-state index in [4.69, 9.17) is 26.6 Å². The van der Waals surface area contributed by atoms with Crippen molar-refractivity contribution in [2.45, 2.75) is 31.3 Å². The van der Waals surface area contributed by atoms with E-state index in [0.29, 0.717) is 39.5 Å². The van der Waals surface area contributed by atoms with Gasteiger partial charge < -0.3 is 15.0 Å². The van der Waals surface area contributed by atoms with Crippen LogP contribution in [0.2, 0.25) is 5.02 Å². The van der Waals surface area contributed by atoms with Crippen LogP contribution in [0.1, 0.15) is 26.6 Å². The highest BCUT2D eigenvalue weighted by atomic mass is 35.5. The maximum atomic E-state index is 6.05. The molecule has 2 N–H and O–H groups in total. The molecule has 114 valence electrons. The first-order valence-electron chi connectivity index (χ1n) is 6.40. The summed E-state index contributed by atoms with van der Waals surface area (Å²) in [5.74, 6) is 2.24. The van der Waals surface area contributed by atoms with Gasteiger partial charge in [-0.2, -0.15) is 4.98 Å². The zero-order chi connectivity index (χ0) is 15.6. The molecule has 0 aliphatic carbocycles. The van der Waals surface area contributed by atoms with Gasteiger partial charge in [0.25, 0.3) is 5.89 Å². The van der Waals surface area contributed by atoms with Crippen molar-refractivity contribution in [1.29, 1.82) is 0 Å². The van der Waals surface area contributed by atoms with Crippen LogP contribution >= 0.6 is 23.4 Å². The van der Waals surface area contributed by atoms with Crippen molar-refractivity contribution in [3.63, 3.8) is 0 Å². The summed E-state index contributed by atoms with van der Waals surface area (Å²) in [6.45, 7) is 6.42. The van der Waals surface area contributed by atoms with E-state index in [1.54, 1.807) is 31.0 Å². The maximum absolute atomic E-state index is 6.05. The van der Waals surface area contributed by atoms with Crippen LogP contribution in [0.15, 0.2) is 16.7 Å². The number of methoxy groups -OCH3 is 1. The van der Waals surface area contributed by atoms with Crippen molar-refractivity contribution in [3.8, 4) is 17.2 Å². The Balaban J connectivity index is 2.27. The van der Waals surface area contributed by atoms with Gasteiger partial charge in [0, 0.05) is 10.8 Å². The number of anilines is 1. The monoisotopic (exact) mass is 327 g/mol. The van der Waals surface area contributed by atoms with E-state index in [1.807, 2.05) is 0 Å². The lowest BCUT2D eigenvalue weighted by Gasteiger charge is -2.15. The van der Waals surface area contributed by atoms with Crippen molar-refractivity contribution < 1.29 is 9.26 Å². The fourth-order valence-corrected chi connectivity index (χ4v) is 2.45. The third-order valence-corrected chi connectivity index (χ3v) is 4.25. The Hall–Kier alpha value is -1.40. The average Bonchev–Trinajstić information content (AvgIpc) is 2.87. The lowest BCUT2D eigenvalue weighted by Crippen LogP contribution is -2.07. The number of ether oxygens (including phenoxy) is 1. The molecule has 0 fully saturated rings. The Morgan fingerprint density at radius 1 is 1.38 bits per heavy atom. The van der Waals surface area contributed by atoms with Crippen LogP contribution in [0.25, 0.3) is 11.5 Å². The Morgan fingerprint density at radius 3 is 2.71 bits per heavy atom. The summed E-state index contributed by atoms with van der Waals surface area (Å²) < 4.78 is 10.7. The number of hydrogen-bond donors (Lipinski definition) is 1. The molecular formula is C14H18ClN3O2S. The smallest absolute Gasteiger partial charge is 0.261 e. The first-order chi connectivity index (χ1) is 9.80. The van der Waals surface area contributed by atoms with Crippen molar-refractivity contribution in [2.75, 3.05) is 12.8 Å². The lowest BCUT2D eigenvalue weighted by molar-refractivity contribution is 0.403. The van der Waals surface area contributed by atoms with Crippen molar-refractivity contribution in [1.82, 2.24) is 10.1 Å². The summed E-state index contributed by atoms with van der Waals surface area (Å²) in [5.41, 5.74) is 6.84. The molecule has 0 radical (unpaired) electrons. The molecule has 0 saturated heterocycles. The predicted octanol–water partition coefficient (Wildman–Crippen LogP) is 4.01. The van der Waals surface area contributed by atoms with Gasteiger partial charge in [0.1, 0.15) is 5.75 Å². The highest BCUT2D eigenvalue weighted by molar-refractivity contribution is 7.99. The second kappa shape index (κ2) is 6.15. The number of nitrogen functional groups attached to an aromatic ring is 1. The van der Waals surface area contributed by atoms with E-state index in [0.717, 1.165) is 0 Å². The number of halogens is 1. The predicted molar refractivity (Wildman–Crippen MR) is 86.8 cm³/mol. The van der Waals surface area contributed by atoms with E-state index in [-0.39, 0.29) is 4.75 Å². The average molecular weight is 328 g/mol. The van der Waals surface area contributed by atoms with Gasteiger partial charge in [0.15, 0.2) is 5.82 Å². The molecule has 0 atom stereocenters. The molecule has 0 aliphatic rings. The number of nitrogens with zero attached hydrogens (tertiary/aromatic N) is 2. The van der Waals surface area contributed by atoms with Crippen LogP contribution in [-0.2, 0) is 5.75 Å². The van der Waals surface area contributed by atoms with Gasteiger partial charge >= 0.3 is 0 Å². The molecule has 21 heavy (non-hydrogen) atoms. The molecule has 0 amide bonds. The van der Waals surface area contributed by atoms with Crippen LogP contribution in [0.3, 0.4) is 0 Å². The summed E-state index contributed by atoms with van der Waals surface area (Å²) in [6, 6.07) is 3.31. The number of thioether (sulfide) groups is 1. The first kappa shape index (κ1) is 16.0. The first-order valence-corrected chi connectivity index (χ1v) is 7.76. The molecule has 0 saturated carbocycles. The van der Waals surface area contributed by atoms with Crippen LogP contribution in [0.4, 0.5) is 5.69 Å². The molecule has 0 unspecified atom stereocenters. The van der Waals surface area contributed by atoms with E-state index in [2.05, 4.69) is 30.9 Å². The standard InChI is InChI=1S/C14H18ClN3O2S/c1-14(2,3)21-7-12-17-13(20-18-12)8-5-9(15)10(16)6-11(8)19-4/h5-6H,7,16H2,1-4H3. The topological polar surface area (TPSA) is 74.2 Å². The summed E-state index contributed by atoms with van der Waals surface area (Å²) in [6.07, 6.45) is 0. The summed E-state index contributed by atoms with van der Waals surface area (Å²) in [4.78, 5) is 4.38. The summed E-state index contributed by atoms with van der Waals surface area (Å²) in [7, 11) is 1.55. The second-order valence-corrected chi connectivity index (χ2v) is 7.70. The minimum absolute atomic E-state index is 0.142. The van der Waals surface area contributed by atoms with Gasteiger partial charge in [0.2, 0.25) is 0 Å². The lowest BCUT2D eigenvalue weighted by atomic mass is 10.2. The minimum atomic E-state index is 0.142. The van der Waals surface area contributed by atoms with E-state index < -0.39 is 0 Å². The third kappa shape index (κ3) is 4.04. The quantitative estimate of drug-likeness (QED) is 0.855. The summed E-state index contributed by atoms with van der Waals surface area (Å²) in [5, 5.41) is 4.41. The fourth-order valence-electron chi connectivity index (χ4n) is 1.61. The normalized spacial score (nSPS) is 11.7. The van der Waals surface area contributed by atoms with Gasteiger partial charge in [-0.05, 0) is 6.07 Å². The molecule has 1 heterocycles. The van der Waals surface area contributed by atoms with Crippen molar-refractivity contribution in [2.24, 2.45) is 0 Å². The molecule has 1 aromatic heterocycles. The van der Waals surface area contributed by atoms with Crippen LogP contribution in [0, 0.1) is 0 Å². The van der Waals surface area contributed by atoms with Crippen molar-refractivity contribution in [3.05, 3.63) is 23.0 Å². The Labute approximate surface area is 133 Å². The number of aromatic nitrogens is 2. The van der Waals surface area contributed by atoms with Crippen LogP contribution < -0.4 is 10.5 Å². The Bertz CT molecular complexity index is 638. The van der Waals surface area contributed by atoms with Gasteiger partial charge in [-0.1, -0.05) is 37.5 Å². The fraction of sp³-hybridized carbons (Fsp3) is 0.429. The highest BCUT2D eigenvalue weighted by Crippen LogP contribution is 2.35. The van der Waals surface area contributed by atoms with Gasteiger partial charge in [-0.15, -0.1) is 11.8 Å². The van der Waals surface area contributed by atoms with Crippen LogP contribution in [-0.4, -0.2) is 22.0 Å².